The number of carbonyl (C=O) groups is 3. The Bertz CT molecular complexity index is 438. The van der Waals surface area contributed by atoms with Gasteiger partial charge in [0.2, 0.25) is 0 Å². The molecular formula is C15H23NO5. The van der Waals surface area contributed by atoms with Crippen LogP contribution in [0.15, 0.2) is 12.7 Å². The van der Waals surface area contributed by atoms with E-state index in [0.717, 1.165) is 0 Å². The number of esters is 1. The van der Waals surface area contributed by atoms with Crippen LogP contribution < -0.4 is 0 Å². The quantitative estimate of drug-likeness (QED) is 0.452. The van der Waals surface area contributed by atoms with Crippen LogP contribution in [0.25, 0.3) is 0 Å². The van der Waals surface area contributed by atoms with E-state index in [1.54, 1.807) is 27.7 Å². The third-order valence-electron chi connectivity index (χ3n) is 3.07. The fourth-order valence-electron chi connectivity index (χ4n) is 2.09. The summed E-state index contributed by atoms with van der Waals surface area (Å²) in [5, 5.41) is 0. The molecule has 0 aromatic carbocycles. The van der Waals surface area contributed by atoms with Crippen molar-refractivity contribution < 1.29 is 23.9 Å². The van der Waals surface area contributed by atoms with E-state index >= 15 is 0 Å². The Morgan fingerprint density at radius 3 is 2.57 bits per heavy atom. The standard InChI is InChI=1S/C15H23NO5/c1-6-7-20-14(19)16-9-12(17)11(8-10(16)2)13(18)21-15(3,4)5/h6,10-11H,1,7-9H2,2-5H3/t10-,11?/m0/s1. The fraction of sp³-hybridized carbons (Fsp3) is 0.667. The zero-order valence-electron chi connectivity index (χ0n) is 13.0. The van der Waals surface area contributed by atoms with E-state index in [1.165, 1.54) is 11.0 Å². The van der Waals surface area contributed by atoms with Crippen molar-refractivity contribution in [2.45, 2.75) is 45.8 Å². The van der Waals surface area contributed by atoms with Crippen molar-refractivity contribution in [1.82, 2.24) is 4.90 Å². The predicted molar refractivity (Wildman–Crippen MR) is 76.7 cm³/mol. The number of carbonyl (C=O) groups excluding carboxylic acids is 3. The molecule has 1 aliphatic rings. The molecule has 0 aliphatic carbocycles. The second kappa shape index (κ2) is 6.74. The lowest BCUT2D eigenvalue weighted by Crippen LogP contribution is -2.52. The Labute approximate surface area is 125 Å². The summed E-state index contributed by atoms with van der Waals surface area (Å²) in [6.07, 6.45) is 1.13. The summed E-state index contributed by atoms with van der Waals surface area (Å²) in [4.78, 5) is 37.2. The Morgan fingerprint density at radius 1 is 1.43 bits per heavy atom. The van der Waals surface area contributed by atoms with Gasteiger partial charge in [0, 0.05) is 6.04 Å². The number of nitrogens with zero attached hydrogens (tertiary/aromatic N) is 1. The molecule has 1 fully saturated rings. The molecule has 21 heavy (non-hydrogen) atoms. The molecule has 1 heterocycles. The van der Waals surface area contributed by atoms with Gasteiger partial charge in [-0.25, -0.2) is 4.79 Å². The zero-order valence-corrected chi connectivity index (χ0v) is 13.0. The van der Waals surface area contributed by atoms with Gasteiger partial charge in [-0.15, -0.1) is 0 Å². The van der Waals surface area contributed by atoms with Crippen LogP contribution in [0.1, 0.15) is 34.1 Å². The molecular weight excluding hydrogens is 274 g/mol. The number of ketones is 1. The largest absolute Gasteiger partial charge is 0.459 e. The Morgan fingerprint density at radius 2 is 2.05 bits per heavy atom. The van der Waals surface area contributed by atoms with Gasteiger partial charge in [-0.1, -0.05) is 12.7 Å². The van der Waals surface area contributed by atoms with Gasteiger partial charge in [0.25, 0.3) is 0 Å². The lowest BCUT2D eigenvalue weighted by Gasteiger charge is -2.35. The number of rotatable bonds is 3. The summed E-state index contributed by atoms with van der Waals surface area (Å²) in [6, 6.07) is -0.266. The molecule has 0 saturated carbocycles. The van der Waals surface area contributed by atoms with E-state index < -0.39 is 23.6 Å². The van der Waals surface area contributed by atoms with Gasteiger partial charge in [-0.05, 0) is 34.1 Å². The first-order valence-corrected chi connectivity index (χ1v) is 6.95. The second-order valence-electron chi connectivity index (χ2n) is 6.13. The first kappa shape index (κ1) is 17.2. The summed E-state index contributed by atoms with van der Waals surface area (Å²) >= 11 is 0. The highest BCUT2D eigenvalue weighted by Gasteiger charge is 2.40. The number of piperidine rings is 1. The molecule has 0 bridgehead atoms. The number of ether oxygens (including phenoxy) is 2. The highest BCUT2D eigenvalue weighted by molar-refractivity contribution is 6.01. The Kier molecular flexibility index (Phi) is 5.52. The molecule has 2 atom stereocenters. The number of likely N-dealkylation sites (tertiary alicyclic amines) is 1. The molecule has 0 aromatic heterocycles. The number of hydrogen-bond donors (Lipinski definition) is 0. The summed E-state index contributed by atoms with van der Waals surface area (Å²) in [7, 11) is 0. The van der Waals surface area contributed by atoms with Crippen molar-refractivity contribution in [3.8, 4) is 0 Å². The van der Waals surface area contributed by atoms with Gasteiger partial charge in [-0.3, -0.25) is 14.5 Å². The van der Waals surface area contributed by atoms with Crippen molar-refractivity contribution in [2.75, 3.05) is 13.2 Å². The van der Waals surface area contributed by atoms with Crippen molar-refractivity contribution in [3.63, 3.8) is 0 Å². The highest BCUT2D eigenvalue weighted by Crippen LogP contribution is 2.24. The molecule has 1 aliphatic heterocycles. The molecule has 0 N–H and O–H groups in total. The maximum atomic E-state index is 12.1. The Hall–Kier alpha value is -1.85. The van der Waals surface area contributed by atoms with Gasteiger partial charge >= 0.3 is 12.1 Å². The summed E-state index contributed by atoms with van der Waals surface area (Å²) in [5.41, 5.74) is -0.638. The second-order valence-corrected chi connectivity index (χ2v) is 6.13. The van der Waals surface area contributed by atoms with Crippen LogP contribution in [0.3, 0.4) is 0 Å². The molecule has 1 unspecified atom stereocenters. The third kappa shape index (κ3) is 4.88. The summed E-state index contributed by atoms with van der Waals surface area (Å²) in [5.74, 6) is -1.67. The molecule has 6 nitrogen and oxygen atoms in total. The Balaban J connectivity index is 2.69. The van der Waals surface area contributed by atoms with Gasteiger partial charge in [0.05, 0.1) is 6.54 Å². The first-order chi connectivity index (χ1) is 9.65. The van der Waals surface area contributed by atoms with Gasteiger partial charge < -0.3 is 9.47 Å². The van der Waals surface area contributed by atoms with Crippen LogP contribution in [0.5, 0.6) is 0 Å². The molecule has 1 saturated heterocycles. The van der Waals surface area contributed by atoms with Crippen LogP contribution in [0, 0.1) is 5.92 Å². The molecule has 1 rings (SSSR count). The van der Waals surface area contributed by atoms with E-state index in [1.807, 2.05) is 0 Å². The zero-order chi connectivity index (χ0) is 16.2. The molecule has 6 heteroatoms. The minimum absolute atomic E-state index is 0.0890. The van der Waals surface area contributed by atoms with Gasteiger partial charge in [0.1, 0.15) is 18.1 Å². The van der Waals surface area contributed by atoms with E-state index in [4.69, 9.17) is 9.47 Å². The number of amides is 1. The van der Waals surface area contributed by atoms with Gasteiger partial charge in [0.15, 0.2) is 5.78 Å². The van der Waals surface area contributed by atoms with Crippen LogP contribution >= 0.6 is 0 Å². The predicted octanol–water partition coefficient (Wildman–Crippen LogP) is 1.93. The van der Waals surface area contributed by atoms with E-state index in [2.05, 4.69) is 6.58 Å². The van der Waals surface area contributed by atoms with Crippen LogP contribution in [-0.2, 0) is 19.1 Å². The van der Waals surface area contributed by atoms with Crippen molar-refractivity contribution >= 4 is 17.8 Å². The SMILES string of the molecule is C=CCOC(=O)N1CC(=O)C(C(=O)OC(C)(C)C)C[C@@H]1C. The first-order valence-electron chi connectivity index (χ1n) is 6.95. The number of Topliss-reactive ketones (excluding diaryl/α,β-unsaturated/α-hetero) is 1. The van der Waals surface area contributed by atoms with E-state index in [-0.39, 0.29) is 31.4 Å². The minimum atomic E-state index is -0.817. The molecule has 1 amide bonds. The summed E-state index contributed by atoms with van der Waals surface area (Å²) < 4.78 is 10.2. The smallest absolute Gasteiger partial charge is 0.410 e. The lowest BCUT2D eigenvalue weighted by molar-refractivity contribution is -0.164. The van der Waals surface area contributed by atoms with Crippen LogP contribution in [0.2, 0.25) is 0 Å². The fourth-order valence-corrected chi connectivity index (χ4v) is 2.09. The molecule has 0 aromatic rings. The average molecular weight is 297 g/mol. The highest BCUT2D eigenvalue weighted by atomic mass is 16.6. The molecule has 0 radical (unpaired) electrons. The number of hydrogen-bond acceptors (Lipinski definition) is 5. The average Bonchev–Trinajstić information content (AvgIpc) is 2.36. The molecule has 118 valence electrons. The molecule has 0 spiro atoms. The van der Waals surface area contributed by atoms with Gasteiger partial charge in [-0.2, -0.15) is 0 Å². The van der Waals surface area contributed by atoms with Crippen molar-refractivity contribution in [1.29, 1.82) is 0 Å². The summed E-state index contributed by atoms with van der Waals surface area (Å²) in [6.45, 7) is 10.4. The van der Waals surface area contributed by atoms with Crippen LogP contribution in [-0.4, -0.2) is 47.5 Å². The minimum Gasteiger partial charge on any atom is -0.459 e. The maximum Gasteiger partial charge on any atom is 0.410 e. The maximum absolute atomic E-state index is 12.1. The normalized spacial score (nSPS) is 22.7. The lowest BCUT2D eigenvalue weighted by atomic mass is 9.90. The topological polar surface area (TPSA) is 72.9 Å². The monoisotopic (exact) mass is 297 g/mol. The van der Waals surface area contributed by atoms with Crippen molar-refractivity contribution in [2.24, 2.45) is 5.92 Å². The van der Waals surface area contributed by atoms with E-state index in [9.17, 15) is 14.4 Å². The van der Waals surface area contributed by atoms with E-state index in [0.29, 0.717) is 0 Å². The van der Waals surface area contributed by atoms with Crippen molar-refractivity contribution in [3.05, 3.63) is 12.7 Å². The third-order valence-corrected chi connectivity index (χ3v) is 3.07. The van der Waals surface area contributed by atoms with Crippen LogP contribution in [0.4, 0.5) is 4.79 Å².